The maximum absolute atomic E-state index is 6.04. The van der Waals surface area contributed by atoms with Gasteiger partial charge < -0.3 is 9.72 Å². The highest BCUT2D eigenvalue weighted by Gasteiger charge is 2.10. The number of ether oxygens (including phenoxy) is 1. The quantitative estimate of drug-likeness (QED) is 0.440. The molecule has 28 heavy (non-hydrogen) atoms. The van der Waals surface area contributed by atoms with Crippen LogP contribution in [-0.4, -0.2) is 25.1 Å². The van der Waals surface area contributed by atoms with Crippen molar-refractivity contribution in [3.05, 3.63) is 76.6 Å². The van der Waals surface area contributed by atoms with Gasteiger partial charge in [-0.2, -0.15) is 5.10 Å². The molecule has 0 aliphatic carbocycles. The SMILES string of the molecule is Cc1ncc(Cc2nc(-c3cccc(Oc4ccc5[nH]ccc5c4)c3)n[nH]2)s1. The van der Waals surface area contributed by atoms with E-state index in [-0.39, 0.29) is 0 Å². The average Bonchev–Trinajstić information content (AvgIpc) is 3.43. The van der Waals surface area contributed by atoms with Gasteiger partial charge in [-0.3, -0.25) is 5.10 Å². The summed E-state index contributed by atoms with van der Waals surface area (Å²) in [5.41, 5.74) is 1.99. The van der Waals surface area contributed by atoms with Gasteiger partial charge in [0, 0.05) is 40.2 Å². The number of nitrogens with zero attached hydrogens (tertiary/aromatic N) is 3. The number of fused-ring (bicyclic) bond motifs is 1. The van der Waals surface area contributed by atoms with E-state index in [4.69, 9.17) is 4.74 Å². The summed E-state index contributed by atoms with van der Waals surface area (Å²) in [4.78, 5) is 13.3. The van der Waals surface area contributed by atoms with Crippen molar-refractivity contribution in [3.8, 4) is 22.9 Å². The molecule has 3 heterocycles. The summed E-state index contributed by atoms with van der Waals surface area (Å²) in [7, 11) is 0. The molecular weight excluding hydrogens is 370 g/mol. The first-order chi connectivity index (χ1) is 13.7. The monoisotopic (exact) mass is 387 g/mol. The minimum atomic E-state index is 0.655. The predicted molar refractivity (Wildman–Crippen MR) is 110 cm³/mol. The first-order valence-corrected chi connectivity index (χ1v) is 9.73. The zero-order valence-corrected chi connectivity index (χ0v) is 16.0. The molecule has 0 aliphatic rings. The van der Waals surface area contributed by atoms with Gasteiger partial charge in [-0.1, -0.05) is 12.1 Å². The molecule has 0 fully saturated rings. The molecule has 138 valence electrons. The first-order valence-electron chi connectivity index (χ1n) is 8.91. The Morgan fingerprint density at radius 1 is 1.07 bits per heavy atom. The van der Waals surface area contributed by atoms with Crippen LogP contribution in [0.5, 0.6) is 11.5 Å². The van der Waals surface area contributed by atoms with Gasteiger partial charge in [0.15, 0.2) is 5.82 Å². The van der Waals surface area contributed by atoms with Gasteiger partial charge >= 0.3 is 0 Å². The highest BCUT2D eigenvalue weighted by molar-refractivity contribution is 7.11. The Balaban J connectivity index is 1.36. The first kappa shape index (κ1) is 16.7. The second-order valence-electron chi connectivity index (χ2n) is 6.48. The number of benzene rings is 2. The highest BCUT2D eigenvalue weighted by atomic mass is 32.1. The molecule has 6 nitrogen and oxygen atoms in total. The molecule has 5 aromatic rings. The molecule has 3 aromatic heterocycles. The Labute approximate surface area is 165 Å². The van der Waals surface area contributed by atoms with E-state index in [1.807, 2.05) is 67.8 Å². The van der Waals surface area contributed by atoms with Crippen molar-refractivity contribution >= 4 is 22.2 Å². The number of hydrogen-bond acceptors (Lipinski definition) is 5. The van der Waals surface area contributed by atoms with Crippen LogP contribution in [0, 0.1) is 6.92 Å². The van der Waals surface area contributed by atoms with Crippen molar-refractivity contribution in [1.82, 2.24) is 25.1 Å². The van der Waals surface area contributed by atoms with E-state index in [1.165, 1.54) is 0 Å². The minimum absolute atomic E-state index is 0.655. The van der Waals surface area contributed by atoms with E-state index < -0.39 is 0 Å². The fraction of sp³-hybridized carbons (Fsp3) is 0.0952. The van der Waals surface area contributed by atoms with Crippen molar-refractivity contribution < 1.29 is 4.74 Å². The predicted octanol–water partition coefficient (Wildman–Crippen LogP) is 5.10. The zero-order chi connectivity index (χ0) is 18.9. The van der Waals surface area contributed by atoms with Crippen molar-refractivity contribution in [2.75, 3.05) is 0 Å². The second-order valence-corrected chi connectivity index (χ2v) is 7.80. The van der Waals surface area contributed by atoms with Crippen LogP contribution in [-0.2, 0) is 6.42 Å². The second kappa shape index (κ2) is 6.94. The minimum Gasteiger partial charge on any atom is -0.457 e. The van der Waals surface area contributed by atoms with Gasteiger partial charge in [0.25, 0.3) is 0 Å². The number of nitrogens with one attached hydrogen (secondary N) is 2. The maximum atomic E-state index is 6.04. The third-order valence-corrected chi connectivity index (χ3v) is 5.31. The van der Waals surface area contributed by atoms with Crippen LogP contribution >= 0.6 is 11.3 Å². The summed E-state index contributed by atoms with van der Waals surface area (Å²) in [6, 6.07) is 15.8. The molecule has 0 bridgehead atoms. The molecular formula is C21H17N5OS. The highest BCUT2D eigenvalue weighted by Crippen LogP contribution is 2.28. The van der Waals surface area contributed by atoms with Gasteiger partial charge in [-0.15, -0.1) is 11.3 Å². The largest absolute Gasteiger partial charge is 0.457 e. The lowest BCUT2D eigenvalue weighted by molar-refractivity contribution is 0.483. The van der Waals surface area contributed by atoms with Crippen LogP contribution in [0.15, 0.2) is 60.9 Å². The summed E-state index contributed by atoms with van der Waals surface area (Å²) in [6.07, 6.45) is 4.51. The molecule has 0 radical (unpaired) electrons. The summed E-state index contributed by atoms with van der Waals surface area (Å²) in [6.45, 7) is 2.00. The van der Waals surface area contributed by atoms with E-state index >= 15 is 0 Å². The Bertz CT molecular complexity index is 1250. The molecule has 0 unspecified atom stereocenters. The molecule has 0 atom stereocenters. The third-order valence-electron chi connectivity index (χ3n) is 4.40. The summed E-state index contributed by atoms with van der Waals surface area (Å²) < 4.78 is 6.04. The van der Waals surface area contributed by atoms with E-state index in [1.54, 1.807) is 11.3 Å². The number of hydrogen-bond donors (Lipinski definition) is 2. The normalized spacial score (nSPS) is 11.2. The Morgan fingerprint density at radius 2 is 2.00 bits per heavy atom. The Hall–Kier alpha value is -3.45. The van der Waals surface area contributed by atoms with Crippen molar-refractivity contribution in [2.45, 2.75) is 13.3 Å². The number of aromatic nitrogens is 5. The van der Waals surface area contributed by atoms with E-state index in [0.717, 1.165) is 43.7 Å². The summed E-state index contributed by atoms with van der Waals surface area (Å²) in [5, 5.41) is 9.55. The molecule has 2 N–H and O–H groups in total. The lowest BCUT2D eigenvalue weighted by Gasteiger charge is -2.07. The van der Waals surface area contributed by atoms with E-state index in [9.17, 15) is 0 Å². The molecule has 0 aliphatic heterocycles. The number of aromatic amines is 2. The van der Waals surface area contributed by atoms with Crippen LogP contribution in [0.2, 0.25) is 0 Å². The Kier molecular flexibility index (Phi) is 4.14. The van der Waals surface area contributed by atoms with Crippen molar-refractivity contribution in [2.24, 2.45) is 0 Å². The fourth-order valence-corrected chi connectivity index (χ4v) is 3.88. The van der Waals surface area contributed by atoms with E-state index in [0.29, 0.717) is 12.2 Å². The molecule has 0 amide bonds. The maximum Gasteiger partial charge on any atom is 0.181 e. The van der Waals surface area contributed by atoms with Gasteiger partial charge in [0.1, 0.15) is 17.3 Å². The standard InChI is InChI=1S/C21H17N5OS/c1-13-23-12-18(28-13)11-20-24-21(26-25-20)15-3-2-4-16(10-15)27-17-5-6-19-14(9-17)7-8-22-19/h2-10,12,22H,11H2,1H3,(H,24,25,26). The summed E-state index contributed by atoms with van der Waals surface area (Å²) >= 11 is 1.67. The number of thiazole rings is 1. The van der Waals surface area contributed by atoms with Crippen molar-refractivity contribution in [1.29, 1.82) is 0 Å². The van der Waals surface area contributed by atoms with Gasteiger partial charge in [0.2, 0.25) is 0 Å². The number of H-pyrrole nitrogens is 2. The summed E-state index contributed by atoms with van der Waals surface area (Å²) in [5.74, 6) is 3.02. The van der Waals surface area contributed by atoms with Crippen LogP contribution in [0.1, 0.15) is 15.7 Å². The topological polar surface area (TPSA) is 79.5 Å². The molecule has 0 saturated carbocycles. The molecule has 7 heteroatoms. The van der Waals surface area contributed by atoms with Crippen LogP contribution < -0.4 is 4.74 Å². The molecule has 0 saturated heterocycles. The van der Waals surface area contributed by atoms with Gasteiger partial charge in [0.05, 0.1) is 5.01 Å². The van der Waals surface area contributed by atoms with Crippen LogP contribution in [0.3, 0.4) is 0 Å². The lowest BCUT2D eigenvalue weighted by atomic mass is 10.2. The van der Waals surface area contributed by atoms with Crippen LogP contribution in [0.4, 0.5) is 0 Å². The van der Waals surface area contributed by atoms with E-state index in [2.05, 4.69) is 25.1 Å². The molecule has 5 rings (SSSR count). The van der Waals surface area contributed by atoms with Gasteiger partial charge in [-0.05, 0) is 43.3 Å². The molecule has 0 spiro atoms. The zero-order valence-electron chi connectivity index (χ0n) is 15.1. The average molecular weight is 387 g/mol. The Morgan fingerprint density at radius 3 is 2.89 bits per heavy atom. The van der Waals surface area contributed by atoms with Gasteiger partial charge in [-0.25, -0.2) is 9.97 Å². The third kappa shape index (κ3) is 3.39. The fourth-order valence-electron chi connectivity index (χ4n) is 3.09. The number of rotatable bonds is 5. The van der Waals surface area contributed by atoms with Crippen molar-refractivity contribution in [3.63, 3.8) is 0 Å². The smallest absolute Gasteiger partial charge is 0.181 e. The lowest BCUT2D eigenvalue weighted by Crippen LogP contribution is -1.88. The molecule has 2 aromatic carbocycles. The van der Waals surface area contributed by atoms with Crippen LogP contribution in [0.25, 0.3) is 22.3 Å². The number of aryl methyl sites for hydroxylation is 1.